The van der Waals surface area contributed by atoms with E-state index in [2.05, 4.69) is 19.6 Å². The molecule has 0 unspecified atom stereocenters. The fraction of sp³-hybridized carbons (Fsp3) is 0.538. The molecular weight excluding hydrogens is 230 g/mol. The molecule has 0 fully saturated rings. The van der Waals surface area contributed by atoms with E-state index in [1.54, 1.807) is 12.1 Å². The van der Waals surface area contributed by atoms with Crippen LogP contribution in [0.15, 0.2) is 24.3 Å². The van der Waals surface area contributed by atoms with Gasteiger partial charge in [0.15, 0.2) is 0 Å². The molecule has 1 aromatic carbocycles. The maximum absolute atomic E-state index is 10.5. The van der Waals surface area contributed by atoms with Crippen LogP contribution >= 0.6 is 0 Å². The Kier molecular flexibility index (Phi) is 4.87. The molecule has 4 heteroatoms. The molecule has 0 saturated carbocycles. The number of nitrogens with zero attached hydrogens (tertiary/aromatic N) is 1. The first kappa shape index (κ1) is 13.9. The van der Waals surface area contributed by atoms with Crippen molar-refractivity contribution in [2.24, 2.45) is 0 Å². The molecule has 0 saturated heterocycles. The van der Waals surface area contributed by atoms with Gasteiger partial charge in [-0.15, -0.1) is 0 Å². The average Bonchev–Trinajstić information content (AvgIpc) is 2.24. The molecule has 0 aliphatic heterocycles. The maximum atomic E-state index is 10.5. The van der Waals surface area contributed by atoms with Crippen LogP contribution in [0.5, 0.6) is 0 Å². The Bertz CT molecular complexity index is 368. The van der Waals surface area contributed by atoms with Crippen LogP contribution in [0.25, 0.3) is 0 Å². The minimum absolute atomic E-state index is 0.177. The molecule has 0 bridgehead atoms. The summed E-state index contributed by atoms with van der Waals surface area (Å²) in [4.78, 5) is 10.1. The third-order valence-corrected chi connectivity index (χ3v) is 4.64. The van der Waals surface area contributed by atoms with E-state index in [-0.39, 0.29) is 10.6 Å². The molecule has 1 aromatic rings. The van der Waals surface area contributed by atoms with Crippen molar-refractivity contribution in [3.63, 3.8) is 0 Å². The van der Waals surface area contributed by atoms with Crippen molar-refractivity contribution >= 4 is 13.8 Å². The van der Waals surface area contributed by atoms with Gasteiger partial charge in [-0.05, 0) is 18.4 Å². The van der Waals surface area contributed by atoms with E-state index < -0.39 is 8.07 Å². The first-order valence-corrected chi connectivity index (χ1v) is 9.82. The number of benzene rings is 1. The van der Waals surface area contributed by atoms with E-state index in [0.29, 0.717) is 0 Å². The molecule has 0 aromatic heterocycles. The SMILES string of the molecule is C[Si](C)(C)CCCCc1ccc([N+](=O)[O-])cc1. The lowest BCUT2D eigenvalue weighted by Gasteiger charge is -2.14. The summed E-state index contributed by atoms with van der Waals surface area (Å²) in [7, 11) is -0.909. The van der Waals surface area contributed by atoms with Gasteiger partial charge < -0.3 is 0 Å². The summed E-state index contributed by atoms with van der Waals surface area (Å²) in [6.45, 7) is 7.16. The molecule has 0 radical (unpaired) electrons. The van der Waals surface area contributed by atoms with Gasteiger partial charge >= 0.3 is 0 Å². The van der Waals surface area contributed by atoms with Gasteiger partial charge in [0.1, 0.15) is 0 Å². The zero-order valence-corrected chi connectivity index (χ0v) is 11.9. The minimum atomic E-state index is -0.909. The number of hydrogen-bond acceptors (Lipinski definition) is 2. The fourth-order valence-corrected chi connectivity index (χ4v) is 3.08. The second kappa shape index (κ2) is 5.96. The van der Waals surface area contributed by atoms with Gasteiger partial charge in [0, 0.05) is 20.2 Å². The van der Waals surface area contributed by atoms with Gasteiger partial charge in [0.05, 0.1) is 4.92 Å². The van der Waals surface area contributed by atoms with Crippen molar-refractivity contribution < 1.29 is 4.92 Å². The van der Waals surface area contributed by atoms with E-state index >= 15 is 0 Å². The number of nitro benzene ring substituents is 1. The van der Waals surface area contributed by atoms with Gasteiger partial charge in [0.2, 0.25) is 0 Å². The summed E-state index contributed by atoms with van der Waals surface area (Å²) in [5.41, 5.74) is 1.38. The predicted molar refractivity (Wildman–Crippen MR) is 74.2 cm³/mol. The molecule has 0 N–H and O–H groups in total. The summed E-state index contributed by atoms with van der Waals surface area (Å²) in [6.07, 6.45) is 3.48. The monoisotopic (exact) mass is 251 g/mol. The molecule has 17 heavy (non-hydrogen) atoms. The Labute approximate surface area is 104 Å². The fourth-order valence-electron chi connectivity index (χ4n) is 1.77. The number of aryl methyl sites for hydroxylation is 1. The van der Waals surface area contributed by atoms with E-state index in [1.165, 1.54) is 24.4 Å². The molecule has 1 rings (SSSR count). The topological polar surface area (TPSA) is 43.1 Å². The quantitative estimate of drug-likeness (QED) is 0.328. The van der Waals surface area contributed by atoms with E-state index in [0.717, 1.165) is 6.42 Å². The van der Waals surface area contributed by atoms with E-state index in [1.807, 2.05) is 12.1 Å². The Hall–Kier alpha value is -1.16. The summed E-state index contributed by atoms with van der Waals surface area (Å²) in [5, 5.41) is 10.5. The second-order valence-corrected chi connectivity index (χ2v) is 11.3. The van der Waals surface area contributed by atoms with E-state index in [9.17, 15) is 10.1 Å². The number of hydrogen-bond donors (Lipinski definition) is 0. The first-order valence-electron chi connectivity index (χ1n) is 6.12. The summed E-state index contributed by atoms with van der Waals surface area (Å²) >= 11 is 0. The lowest BCUT2D eigenvalue weighted by molar-refractivity contribution is -0.384. The van der Waals surface area contributed by atoms with Crippen LogP contribution in [0.3, 0.4) is 0 Å². The predicted octanol–water partition coefficient (Wildman–Crippen LogP) is 4.26. The third kappa shape index (κ3) is 5.63. The van der Waals surface area contributed by atoms with Crippen LogP contribution in [0.1, 0.15) is 18.4 Å². The molecule has 3 nitrogen and oxygen atoms in total. The van der Waals surface area contributed by atoms with Crippen molar-refractivity contribution in [3.05, 3.63) is 39.9 Å². The van der Waals surface area contributed by atoms with Crippen molar-refractivity contribution in [2.75, 3.05) is 0 Å². The molecule has 0 amide bonds. The lowest BCUT2D eigenvalue weighted by Crippen LogP contribution is -2.18. The van der Waals surface area contributed by atoms with Crippen LogP contribution in [0, 0.1) is 10.1 Å². The normalized spacial score (nSPS) is 11.5. The summed E-state index contributed by atoms with van der Waals surface area (Å²) < 4.78 is 0. The van der Waals surface area contributed by atoms with Crippen molar-refractivity contribution in [1.82, 2.24) is 0 Å². The molecule has 0 heterocycles. The smallest absolute Gasteiger partial charge is 0.258 e. The number of rotatable bonds is 6. The van der Waals surface area contributed by atoms with Crippen LogP contribution in [-0.2, 0) is 6.42 Å². The number of non-ortho nitro benzene ring substituents is 1. The van der Waals surface area contributed by atoms with Crippen molar-refractivity contribution in [3.8, 4) is 0 Å². The Morgan fingerprint density at radius 2 is 1.71 bits per heavy atom. The van der Waals surface area contributed by atoms with Gasteiger partial charge in [0.25, 0.3) is 5.69 Å². The van der Waals surface area contributed by atoms with Crippen molar-refractivity contribution in [1.29, 1.82) is 0 Å². The minimum Gasteiger partial charge on any atom is -0.258 e. The summed E-state index contributed by atoms with van der Waals surface area (Å²) in [6, 6.07) is 8.28. The second-order valence-electron chi connectivity index (χ2n) is 5.69. The molecule has 94 valence electrons. The van der Waals surface area contributed by atoms with Gasteiger partial charge in [-0.1, -0.05) is 44.2 Å². The standard InChI is InChI=1S/C13H21NO2Si/c1-17(2,3)11-5-4-6-12-7-9-13(10-8-12)14(15)16/h7-10H,4-6,11H2,1-3H3. The zero-order chi connectivity index (χ0) is 12.9. The number of unbranched alkanes of at least 4 members (excludes halogenated alkanes) is 1. The highest BCUT2D eigenvalue weighted by molar-refractivity contribution is 6.76. The third-order valence-electron chi connectivity index (χ3n) is 2.79. The summed E-state index contributed by atoms with van der Waals surface area (Å²) in [5.74, 6) is 0. The Morgan fingerprint density at radius 3 is 2.18 bits per heavy atom. The van der Waals surface area contributed by atoms with Crippen LogP contribution < -0.4 is 0 Å². The Morgan fingerprint density at radius 1 is 1.12 bits per heavy atom. The van der Waals surface area contributed by atoms with Crippen LogP contribution in [0.4, 0.5) is 5.69 Å². The molecule has 0 spiro atoms. The van der Waals surface area contributed by atoms with E-state index in [4.69, 9.17) is 0 Å². The highest BCUT2D eigenvalue weighted by atomic mass is 28.3. The van der Waals surface area contributed by atoms with Gasteiger partial charge in [-0.25, -0.2) is 0 Å². The zero-order valence-electron chi connectivity index (χ0n) is 10.9. The van der Waals surface area contributed by atoms with Gasteiger partial charge in [-0.3, -0.25) is 10.1 Å². The van der Waals surface area contributed by atoms with Crippen LogP contribution in [-0.4, -0.2) is 13.0 Å². The number of nitro groups is 1. The largest absolute Gasteiger partial charge is 0.269 e. The van der Waals surface area contributed by atoms with Gasteiger partial charge in [-0.2, -0.15) is 0 Å². The van der Waals surface area contributed by atoms with Crippen molar-refractivity contribution in [2.45, 2.75) is 44.9 Å². The first-order chi connectivity index (χ1) is 7.88. The molecule has 0 aliphatic rings. The molecular formula is C13H21NO2Si. The lowest BCUT2D eigenvalue weighted by atomic mass is 10.1. The molecule has 0 aliphatic carbocycles. The molecule has 0 atom stereocenters. The maximum Gasteiger partial charge on any atom is 0.269 e. The highest BCUT2D eigenvalue weighted by Gasteiger charge is 2.11. The average molecular weight is 251 g/mol. The Balaban J connectivity index is 2.35. The highest BCUT2D eigenvalue weighted by Crippen LogP contribution is 2.16. The van der Waals surface area contributed by atoms with Crippen LogP contribution in [0.2, 0.25) is 25.7 Å².